The van der Waals surface area contributed by atoms with E-state index in [2.05, 4.69) is 15.6 Å². The van der Waals surface area contributed by atoms with Crippen LogP contribution >= 0.6 is 0 Å². The second kappa shape index (κ2) is 7.21. The van der Waals surface area contributed by atoms with Crippen LogP contribution in [0.15, 0.2) is 36.5 Å². The molecule has 0 radical (unpaired) electrons. The lowest BCUT2D eigenvalue weighted by molar-refractivity contribution is -0.122. The summed E-state index contributed by atoms with van der Waals surface area (Å²) >= 11 is 0. The van der Waals surface area contributed by atoms with Crippen molar-refractivity contribution in [3.63, 3.8) is 0 Å². The molecule has 1 aliphatic rings. The summed E-state index contributed by atoms with van der Waals surface area (Å²) in [4.78, 5) is 16.2. The molecule has 1 heterocycles. The Kier molecular flexibility index (Phi) is 4.84. The Balaban J connectivity index is 1.68. The number of nitrogens with zero attached hydrogens (tertiary/aromatic N) is 1. The van der Waals surface area contributed by atoms with Crippen molar-refractivity contribution in [3.05, 3.63) is 36.5 Å². The molecular weight excluding hydrogens is 306 g/mol. The zero-order chi connectivity index (χ0) is 16.9. The van der Waals surface area contributed by atoms with Gasteiger partial charge >= 0.3 is 0 Å². The normalized spacial score (nSPS) is 13.8. The molecule has 6 heteroatoms. The number of amides is 1. The van der Waals surface area contributed by atoms with E-state index in [1.165, 1.54) is 0 Å². The SMILES string of the molecule is COc1ccc(OC)c(Nc2ccc(NC(=O)C3CCC3)nc2)c1. The molecule has 3 rings (SSSR count). The highest BCUT2D eigenvalue weighted by molar-refractivity contribution is 5.92. The first-order valence-electron chi connectivity index (χ1n) is 7.95. The molecular formula is C18H21N3O3. The van der Waals surface area contributed by atoms with Crippen LogP contribution in [0.2, 0.25) is 0 Å². The predicted octanol–water partition coefficient (Wildman–Crippen LogP) is 3.58. The molecule has 126 valence electrons. The Bertz CT molecular complexity index is 712. The molecule has 24 heavy (non-hydrogen) atoms. The van der Waals surface area contributed by atoms with Crippen molar-refractivity contribution in [2.75, 3.05) is 24.9 Å². The number of aromatic nitrogens is 1. The molecule has 1 aliphatic carbocycles. The highest BCUT2D eigenvalue weighted by atomic mass is 16.5. The van der Waals surface area contributed by atoms with Crippen molar-refractivity contribution in [3.8, 4) is 11.5 Å². The van der Waals surface area contributed by atoms with Crippen LogP contribution in [0.1, 0.15) is 19.3 Å². The molecule has 2 N–H and O–H groups in total. The molecule has 1 aromatic heterocycles. The van der Waals surface area contributed by atoms with Gasteiger partial charge in [-0.05, 0) is 37.1 Å². The lowest BCUT2D eigenvalue weighted by Gasteiger charge is -2.23. The van der Waals surface area contributed by atoms with E-state index >= 15 is 0 Å². The molecule has 1 aromatic carbocycles. The molecule has 1 fully saturated rings. The predicted molar refractivity (Wildman–Crippen MR) is 93.0 cm³/mol. The number of rotatable bonds is 6. The molecule has 2 aromatic rings. The van der Waals surface area contributed by atoms with Crippen molar-refractivity contribution in [1.82, 2.24) is 4.98 Å². The number of carbonyl (C=O) groups excluding carboxylic acids is 1. The molecule has 0 aliphatic heterocycles. The van der Waals surface area contributed by atoms with E-state index in [9.17, 15) is 4.79 Å². The highest BCUT2D eigenvalue weighted by Crippen LogP contribution is 2.31. The van der Waals surface area contributed by atoms with Crippen molar-refractivity contribution >= 4 is 23.1 Å². The molecule has 0 saturated heterocycles. The minimum Gasteiger partial charge on any atom is -0.497 e. The quantitative estimate of drug-likeness (QED) is 0.848. The van der Waals surface area contributed by atoms with Gasteiger partial charge in [0.25, 0.3) is 0 Å². The highest BCUT2D eigenvalue weighted by Gasteiger charge is 2.25. The minimum absolute atomic E-state index is 0.0592. The molecule has 1 saturated carbocycles. The van der Waals surface area contributed by atoms with Gasteiger partial charge in [0.05, 0.1) is 31.8 Å². The van der Waals surface area contributed by atoms with Crippen LogP contribution in [0.3, 0.4) is 0 Å². The first kappa shape index (κ1) is 16.1. The number of nitrogens with one attached hydrogen (secondary N) is 2. The average molecular weight is 327 g/mol. The fourth-order valence-corrected chi connectivity index (χ4v) is 2.51. The largest absolute Gasteiger partial charge is 0.497 e. The number of carbonyl (C=O) groups is 1. The molecule has 1 amide bonds. The summed E-state index contributed by atoms with van der Waals surface area (Å²) in [6.07, 6.45) is 4.76. The van der Waals surface area contributed by atoms with E-state index in [4.69, 9.17) is 9.47 Å². The summed E-state index contributed by atoms with van der Waals surface area (Å²) in [5, 5.41) is 6.10. The van der Waals surface area contributed by atoms with E-state index in [0.29, 0.717) is 11.6 Å². The summed E-state index contributed by atoms with van der Waals surface area (Å²) in [5.74, 6) is 2.21. The zero-order valence-corrected chi connectivity index (χ0v) is 13.8. The van der Waals surface area contributed by atoms with Crippen molar-refractivity contribution in [2.24, 2.45) is 5.92 Å². The third-order valence-electron chi connectivity index (χ3n) is 4.18. The second-order valence-corrected chi connectivity index (χ2v) is 5.74. The number of anilines is 3. The lowest BCUT2D eigenvalue weighted by atomic mass is 9.85. The van der Waals surface area contributed by atoms with Gasteiger partial charge in [0, 0.05) is 12.0 Å². The van der Waals surface area contributed by atoms with Gasteiger partial charge in [-0.3, -0.25) is 4.79 Å². The van der Waals surface area contributed by atoms with Gasteiger partial charge in [-0.1, -0.05) is 6.42 Å². The Morgan fingerprint density at radius 3 is 2.58 bits per heavy atom. The minimum atomic E-state index is 0.0592. The molecule has 6 nitrogen and oxygen atoms in total. The second-order valence-electron chi connectivity index (χ2n) is 5.74. The van der Waals surface area contributed by atoms with Gasteiger partial charge in [0.15, 0.2) is 0 Å². The van der Waals surface area contributed by atoms with Crippen LogP contribution in [0.4, 0.5) is 17.2 Å². The fourth-order valence-electron chi connectivity index (χ4n) is 2.51. The third-order valence-corrected chi connectivity index (χ3v) is 4.18. The summed E-state index contributed by atoms with van der Waals surface area (Å²) in [7, 11) is 3.23. The number of hydrogen-bond acceptors (Lipinski definition) is 5. The van der Waals surface area contributed by atoms with Gasteiger partial charge in [-0.25, -0.2) is 4.98 Å². The van der Waals surface area contributed by atoms with E-state index < -0.39 is 0 Å². The fraction of sp³-hybridized carbons (Fsp3) is 0.333. The van der Waals surface area contributed by atoms with Gasteiger partial charge in [0.1, 0.15) is 17.3 Å². The van der Waals surface area contributed by atoms with Gasteiger partial charge < -0.3 is 20.1 Å². The van der Waals surface area contributed by atoms with Crippen LogP contribution in [0.5, 0.6) is 11.5 Å². The molecule has 0 spiro atoms. The first-order valence-corrected chi connectivity index (χ1v) is 7.95. The van der Waals surface area contributed by atoms with Gasteiger partial charge in [-0.2, -0.15) is 0 Å². The number of ether oxygens (including phenoxy) is 2. The van der Waals surface area contributed by atoms with Crippen molar-refractivity contribution in [1.29, 1.82) is 0 Å². The topological polar surface area (TPSA) is 72.5 Å². The Labute approximate surface area is 141 Å². The lowest BCUT2D eigenvalue weighted by Crippen LogP contribution is -2.28. The average Bonchev–Trinajstić information content (AvgIpc) is 2.55. The first-order chi connectivity index (χ1) is 11.7. The molecule has 0 unspecified atom stereocenters. The third kappa shape index (κ3) is 3.59. The summed E-state index contributed by atoms with van der Waals surface area (Å²) in [6, 6.07) is 9.17. The zero-order valence-electron chi connectivity index (χ0n) is 13.8. The van der Waals surface area contributed by atoms with E-state index in [1.54, 1.807) is 26.5 Å². The number of benzene rings is 1. The monoisotopic (exact) mass is 327 g/mol. The Morgan fingerprint density at radius 1 is 1.17 bits per heavy atom. The molecule has 0 atom stereocenters. The number of pyridine rings is 1. The standard InChI is InChI=1S/C18H21N3O3/c1-23-14-7-8-16(24-2)15(10-14)20-13-6-9-17(19-11-13)21-18(22)12-4-3-5-12/h6-12,20H,3-5H2,1-2H3,(H,19,21,22). The van der Waals surface area contributed by atoms with Gasteiger partial charge in [-0.15, -0.1) is 0 Å². The smallest absolute Gasteiger partial charge is 0.228 e. The van der Waals surface area contributed by atoms with Crippen LogP contribution in [0, 0.1) is 5.92 Å². The number of hydrogen-bond donors (Lipinski definition) is 2. The summed E-state index contributed by atoms with van der Waals surface area (Å²) in [6.45, 7) is 0. The Morgan fingerprint density at radius 2 is 2.00 bits per heavy atom. The summed E-state index contributed by atoms with van der Waals surface area (Å²) in [5.41, 5.74) is 1.58. The van der Waals surface area contributed by atoms with Gasteiger partial charge in [0.2, 0.25) is 5.91 Å². The van der Waals surface area contributed by atoms with Crippen molar-refractivity contribution in [2.45, 2.75) is 19.3 Å². The van der Waals surface area contributed by atoms with E-state index in [0.717, 1.165) is 36.4 Å². The maximum atomic E-state index is 11.9. The van der Waals surface area contributed by atoms with Crippen LogP contribution in [-0.2, 0) is 4.79 Å². The number of methoxy groups -OCH3 is 2. The Hall–Kier alpha value is -2.76. The van der Waals surface area contributed by atoms with E-state index in [1.807, 2.05) is 24.3 Å². The van der Waals surface area contributed by atoms with E-state index in [-0.39, 0.29) is 11.8 Å². The maximum absolute atomic E-state index is 11.9. The summed E-state index contributed by atoms with van der Waals surface area (Å²) < 4.78 is 10.6. The van der Waals surface area contributed by atoms with Crippen LogP contribution in [0.25, 0.3) is 0 Å². The van der Waals surface area contributed by atoms with Crippen LogP contribution < -0.4 is 20.1 Å². The van der Waals surface area contributed by atoms with Crippen LogP contribution in [-0.4, -0.2) is 25.1 Å². The maximum Gasteiger partial charge on any atom is 0.228 e. The molecule has 0 bridgehead atoms. The van der Waals surface area contributed by atoms with Crippen molar-refractivity contribution < 1.29 is 14.3 Å².